The molecule has 1 fully saturated rings. The van der Waals surface area contributed by atoms with Gasteiger partial charge in [0.15, 0.2) is 0 Å². The second-order valence-corrected chi connectivity index (χ2v) is 5.92. The van der Waals surface area contributed by atoms with Gasteiger partial charge in [-0.25, -0.2) is 4.79 Å². The molecule has 1 rings (SSSR count). The molecule has 1 aliphatic heterocycles. The Balaban J connectivity index is 2.22. The second kappa shape index (κ2) is 8.09. The van der Waals surface area contributed by atoms with Crippen molar-refractivity contribution in [1.29, 1.82) is 0 Å². The first-order valence-electron chi connectivity index (χ1n) is 7.34. The molecule has 0 aromatic carbocycles. The maximum absolute atomic E-state index is 11.9. The minimum absolute atomic E-state index is 0.202. The van der Waals surface area contributed by atoms with Gasteiger partial charge in [0.05, 0.1) is 5.92 Å². The van der Waals surface area contributed by atoms with Crippen LogP contribution >= 0.6 is 0 Å². The molecule has 116 valence electrons. The van der Waals surface area contributed by atoms with Crippen molar-refractivity contribution >= 4 is 12.0 Å². The average molecular weight is 285 g/mol. The highest BCUT2D eigenvalue weighted by Gasteiger charge is 2.18. The van der Waals surface area contributed by atoms with Crippen LogP contribution in [0.1, 0.15) is 26.7 Å². The lowest BCUT2D eigenvalue weighted by Crippen LogP contribution is -2.43. The fourth-order valence-electron chi connectivity index (χ4n) is 2.44. The summed E-state index contributed by atoms with van der Waals surface area (Å²) in [6, 6.07) is -0.202. The zero-order valence-corrected chi connectivity index (χ0v) is 12.8. The molecule has 0 spiro atoms. The quantitative estimate of drug-likeness (QED) is 0.734. The highest BCUT2D eigenvalue weighted by molar-refractivity contribution is 5.75. The molecule has 0 aromatic rings. The molecular weight excluding hydrogens is 258 g/mol. The summed E-state index contributed by atoms with van der Waals surface area (Å²) >= 11 is 0. The number of hydrogen-bond donors (Lipinski definition) is 2. The molecule has 2 amide bonds. The Morgan fingerprint density at radius 1 is 1.30 bits per heavy atom. The van der Waals surface area contributed by atoms with E-state index in [9.17, 15) is 9.59 Å². The van der Waals surface area contributed by atoms with Crippen molar-refractivity contribution in [1.82, 2.24) is 15.1 Å². The third-order valence-electron chi connectivity index (χ3n) is 3.69. The molecule has 2 unspecified atom stereocenters. The van der Waals surface area contributed by atoms with Gasteiger partial charge in [0.25, 0.3) is 0 Å². The number of hydrogen-bond acceptors (Lipinski definition) is 3. The van der Waals surface area contributed by atoms with Gasteiger partial charge in [-0.1, -0.05) is 13.8 Å². The summed E-state index contributed by atoms with van der Waals surface area (Å²) in [7, 11) is 1.62. The van der Waals surface area contributed by atoms with Gasteiger partial charge < -0.3 is 20.2 Å². The van der Waals surface area contributed by atoms with Gasteiger partial charge in [-0.15, -0.1) is 0 Å². The number of nitrogens with zero attached hydrogens (tertiary/aromatic N) is 2. The van der Waals surface area contributed by atoms with Gasteiger partial charge in [-0.3, -0.25) is 4.79 Å². The van der Waals surface area contributed by atoms with E-state index in [1.54, 1.807) is 14.0 Å². The minimum atomic E-state index is -0.882. The Morgan fingerprint density at radius 3 is 2.45 bits per heavy atom. The fourth-order valence-corrected chi connectivity index (χ4v) is 2.44. The van der Waals surface area contributed by atoms with Crippen molar-refractivity contribution in [2.45, 2.75) is 26.7 Å². The highest BCUT2D eigenvalue weighted by atomic mass is 16.4. The number of aliphatic carboxylic acids is 1. The van der Waals surface area contributed by atoms with Crippen LogP contribution in [0, 0.1) is 11.8 Å². The van der Waals surface area contributed by atoms with E-state index in [1.165, 1.54) is 17.7 Å². The fraction of sp³-hybridized carbons (Fsp3) is 0.857. The topological polar surface area (TPSA) is 72.9 Å². The van der Waals surface area contributed by atoms with Crippen LogP contribution in [-0.4, -0.2) is 66.7 Å². The van der Waals surface area contributed by atoms with Gasteiger partial charge in [0.2, 0.25) is 0 Å². The number of nitrogens with one attached hydrogen (secondary N) is 1. The van der Waals surface area contributed by atoms with Crippen molar-refractivity contribution in [2.75, 3.05) is 39.8 Å². The SMILES string of the molecule is CC(CNC(=O)N(C)CC(C)C(=O)O)CN1CCCC1. The monoisotopic (exact) mass is 285 g/mol. The van der Waals surface area contributed by atoms with Crippen LogP contribution in [0.15, 0.2) is 0 Å². The Kier molecular flexibility index (Phi) is 6.78. The largest absolute Gasteiger partial charge is 0.481 e. The molecule has 0 radical (unpaired) electrons. The first-order chi connectivity index (χ1) is 9.40. The van der Waals surface area contributed by atoms with E-state index in [2.05, 4.69) is 17.1 Å². The molecule has 0 saturated carbocycles. The lowest BCUT2D eigenvalue weighted by Gasteiger charge is -2.23. The molecular formula is C14H27N3O3. The van der Waals surface area contributed by atoms with Crippen LogP contribution in [-0.2, 0) is 4.79 Å². The summed E-state index contributed by atoms with van der Waals surface area (Å²) in [6.45, 7) is 7.90. The van der Waals surface area contributed by atoms with E-state index in [-0.39, 0.29) is 12.6 Å². The molecule has 1 aliphatic rings. The first kappa shape index (κ1) is 16.8. The number of likely N-dealkylation sites (tertiary alicyclic amines) is 1. The second-order valence-electron chi connectivity index (χ2n) is 5.92. The summed E-state index contributed by atoms with van der Waals surface area (Å²) < 4.78 is 0. The lowest BCUT2D eigenvalue weighted by molar-refractivity contribution is -0.141. The summed E-state index contributed by atoms with van der Waals surface area (Å²) in [5, 5.41) is 11.7. The Bertz CT molecular complexity index is 330. The van der Waals surface area contributed by atoms with Crippen LogP contribution in [0.2, 0.25) is 0 Å². The van der Waals surface area contributed by atoms with Gasteiger partial charge in [-0.05, 0) is 31.8 Å². The lowest BCUT2D eigenvalue weighted by atomic mass is 10.1. The highest BCUT2D eigenvalue weighted by Crippen LogP contribution is 2.09. The number of amides is 2. The van der Waals surface area contributed by atoms with Crippen molar-refractivity contribution < 1.29 is 14.7 Å². The van der Waals surface area contributed by atoms with Crippen LogP contribution in [0.4, 0.5) is 4.79 Å². The standard InChI is InChI=1S/C14H27N3O3/c1-11(9-17-6-4-5-7-17)8-15-14(20)16(3)10-12(2)13(18)19/h11-12H,4-10H2,1-3H3,(H,15,20)(H,18,19). The van der Waals surface area contributed by atoms with Crippen LogP contribution in [0.3, 0.4) is 0 Å². The molecule has 0 aliphatic carbocycles. The van der Waals surface area contributed by atoms with E-state index in [4.69, 9.17) is 5.11 Å². The zero-order valence-electron chi connectivity index (χ0n) is 12.8. The molecule has 2 atom stereocenters. The van der Waals surface area contributed by atoms with Crippen molar-refractivity contribution in [3.05, 3.63) is 0 Å². The summed E-state index contributed by atoms with van der Waals surface area (Å²) in [5.74, 6) is -1.03. The zero-order chi connectivity index (χ0) is 15.1. The molecule has 6 nitrogen and oxygen atoms in total. The van der Waals surface area contributed by atoms with Gasteiger partial charge >= 0.3 is 12.0 Å². The number of carbonyl (C=O) groups excluding carboxylic acids is 1. The predicted octanol–water partition coefficient (Wildman–Crippen LogP) is 1.08. The molecule has 2 N–H and O–H groups in total. The van der Waals surface area contributed by atoms with E-state index in [0.29, 0.717) is 12.5 Å². The van der Waals surface area contributed by atoms with E-state index >= 15 is 0 Å². The van der Waals surface area contributed by atoms with Crippen molar-refractivity contribution in [2.24, 2.45) is 11.8 Å². The Hall–Kier alpha value is -1.30. The van der Waals surface area contributed by atoms with Crippen LogP contribution in [0.5, 0.6) is 0 Å². The first-order valence-corrected chi connectivity index (χ1v) is 7.34. The molecule has 1 saturated heterocycles. The maximum atomic E-state index is 11.9. The molecule has 0 aromatic heterocycles. The summed E-state index contributed by atoms with van der Waals surface area (Å²) in [6.07, 6.45) is 2.55. The van der Waals surface area contributed by atoms with Crippen molar-refractivity contribution in [3.63, 3.8) is 0 Å². The van der Waals surface area contributed by atoms with Gasteiger partial charge in [0.1, 0.15) is 0 Å². The molecule has 6 heteroatoms. The van der Waals surface area contributed by atoms with Gasteiger partial charge in [0, 0.05) is 26.7 Å². The van der Waals surface area contributed by atoms with E-state index < -0.39 is 11.9 Å². The normalized spacial score (nSPS) is 18.6. The van der Waals surface area contributed by atoms with Gasteiger partial charge in [-0.2, -0.15) is 0 Å². The number of urea groups is 1. The molecule has 0 bridgehead atoms. The minimum Gasteiger partial charge on any atom is -0.481 e. The smallest absolute Gasteiger partial charge is 0.317 e. The number of carbonyl (C=O) groups is 2. The van der Waals surface area contributed by atoms with Crippen LogP contribution in [0.25, 0.3) is 0 Å². The van der Waals surface area contributed by atoms with E-state index in [0.717, 1.165) is 19.6 Å². The molecule has 20 heavy (non-hydrogen) atoms. The summed E-state index contributed by atoms with van der Waals surface area (Å²) in [5.41, 5.74) is 0. The molecule has 1 heterocycles. The summed E-state index contributed by atoms with van der Waals surface area (Å²) in [4.78, 5) is 26.5. The Morgan fingerprint density at radius 2 is 1.90 bits per heavy atom. The number of carboxylic acids is 1. The number of rotatable bonds is 7. The maximum Gasteiger partial charge on any atom is 0.317 e. The Labute approximate surface area is 121 Å². The average Bonchev–Trinajstić information content (AvgIpc) is 2.88. The number of carboxylic acid groups (broad SMARTS) is 1. The van der Waals surface area contributed by atoms with Crippen LogP contribution < -0.4 is 5.32 Å². The third-order valence-corrected chi connectivity index (χ3v) is 3.69. The van der Waals surface area contributed by atoms with E-state index in [1.807, 2.05) is 0 Å². The third kappa shape index (κ3) is 5.77. The van der Waals surface area contributed by atoms with Crippen molar-refractivity contribution in [3.8, 4) is 0 Å². The predicted molar refractivity (Wildman–Crippen MR) is 77.7 cm³/mol.